The van der Waals surface area contributed by atoms with Crippen LogP contribution in [0.1, 0.15) is 42.4 Å². The van der Waals surface area contributed by atoms with Crippen molar-refractivity contribution in [1.82, 2.24) is 10.2 Å². The maximum Gasteiger partial charge on any atom is 0.407 e. The summed E-state index contributed by atoms with van der Waals surface area (Å²) in [5.74, 6) is -1.49. The molecule has 0 aromatic heterocycles. The fraction of sp³-hybridized carbons (Fsp3) is 0.300. The largest absolute Gasteiger partial charge is 0.481 e. The number of benzene rings is 3. The number of carbonyl (C=O) groups excluding carboxylic acids is 2. The number of carbonyl (C=O) groups is 3. The molecule has 37 heavy (non-hydrogen) atoms. The molecule has 7 heteroatoms. The van der Waals surface area contributed by atoms with E-state index < -0.39 is 12.1 Å². The molecule has 1 aliphatic rings. The van der Waals surface area contributed by atoms with Crippen molar-refractivity contribution in [2.24, 2.45) is 5.92 Å². The molecule has 2 amide bonds. The van der Waals surface area contributed by atoms with E-state index in [0.717, 1.165) is 16.7 Å². The number of carboxylic acid groups (broad SMARTS) is 1. The number of nitrogens with one attached hydrogen (secondary N) is 1. The van der Waals surface area contributed by atoms with Gasteiger partial charge >= 0.3 is 12.1 Å². The van der Waals surface area contributed by atoms with E-state index in [1.807, 2.05) is 54.6 Å². The Balaban J connectivity index is 1.27. The molecular formula is C30H32N2O5. The van der Waals surface area contributed by atoms with E-state index in [0.29, 0.717) is 13.0 Å². The monoisotopic (exact) mass is 500 g/mol. The minimum atomic E-state index is -0.949. The zero-order valence-corrected chi connectivity index (χ0v) is 20.9. The molecule has 7 nitrogen and oxygen atoms in total. The van der Waals surface area contributed by atoms with Crippen molar-refractivity contribution < 1.29 is 24.2 Å². The number of rotatable bonds is 11. The minimum Gasteiger partial charge on any atom is -0.481 e. The number of carboxylic acids is 1. The average molecular weight is 501 g/mol. The second-order valence-electron chi connectivity index (χ2n) is 9.33. The van der Waals surface area contributed by atoms with Crippen LogP contribution in [0.5, 0.6) is 0 Å². The van der Waals surface area contributed by atoms with Gasteiger partial charge in [-0.1, -0.05) is 85.8 Å². The van der Waals surface area contributed by atoms with Crippen LogP contribution in [0.2, 0.25) is 0 Å². The van der Waals surface area contributed by atoms with Crippen molar-refractivity contribution in [3.05, 3.63) is 95.6 Å². The Morgan fingerprint density at radius 1 is 0.919 bits per heavy atom. The first kappa shape index (κ1) is 25.9. The molecule has 1 aliphatic carbocycles. The smallest absolute Gasteiger partial charge is 0.407 e. The fourth-order valence-corrected chi connectivity index (χ4v) is 4.78. The van der Waals surface area contributed by atoms with Crippen molar-refractivity contribution in [1.29, 1.82) is 0 Å². The number of hydrogen-bond donors (Lipinski definition) is 2. The highest BCUT2D eigenvalue weighted by molar-refractivity contribution is 5.80. The van der Waals surface area contributed by atoms with Gasteiger partial charge in [0.2, 0.25) is 5.91 Å². The van der Waals surface area contributed by atoms with Gasteiger partial charge < -0.3 is 20.1 Å². The normalized spacial score (nSPS) is 12.8. The molecule has 0 bridgehead atoms. The van der Waals surface area contributed by atoms with Gasteiger partial charge in [0, 0.05) is 31.5 Å². The quantitative estimate of drug-likeness (QED) is 0.384. The Hall–Kier alpha value is -4.13. The van der Waals surface area contributed by atoms with Crippen molar-refractivity contribution >= 4 is 18.0 Å². The number of hydrogen-bond acceptors (Lipinski definition) is 4. The van der Waals surface area contributed by atoms with Gasteiger partial charge in [-0.2, -0.15) is 0 Å². The molecule has 3 aromatic carbocycles. The van der Waals surface area contributed by atoms with Gasteiger partial charge in [-0.3, -0.25) is 9.59 Å². The van der Waals surface area contributed by atoms with Crippen LogP contribution in [0.15, 0.2) is 78.9 Å². The predicted octanol–water partition coefficient (Wildman–Crippen LogP) is 5.05. The SMILES string of the molecule is CC(CCNC(=O)OCC1c2ccccc2-c2ccccc21)C(=O)N(CCC(=O)O)Cc1ccccc1. The van der Waals surface area contributed by atoms with Gasteiger partial charge in [-0.05, 0) is 34.2 Å². The van der Waals surface area contributed by atoms with Crippen LogP contribution in [0.4, 0.5) is 4.79 Å². The van der Waals surface area contributed by atoms with E-state index >= 15 is 0 Å². The number of aliphatic carboxylic acids is 1. The summed E-state index contributed by atoms with van der Waals surface area (Å²) in [6, 6.07) is 25.8. The number of fused-ring (bicyclic) bond motifs is 3. The topological polar surface area (TPSA) is 95.9 Å². The molecular weight excluding hydrogens is 468 g/mol. The maximum absolute atomic E-state index is 13.1. The number of amides is 2. The second kappa shape index (κ2) is 12.2. The summed E-state index contributed by atoms with van der Waals surface area (Å²) in [5, 5.41) is 11.8. The molecule has 2 N–H and O–H groups in total. The van der Waals surface area contributed by atoms with Gasteiger partial charge in [-0.15, -0.1) is 0 Å². The maximum atomic E-state index is 13.1. The van der Waals surface area contributed by atoms with Crippen LogP contribution < -0.4 is 5.32 Å². The standard InChI is InChI=1S/C30H32N2O5/c1-21(29(35)32(18-16-28(33)34)19-22-9-3-2-4-10-22)15-17-31-30(36)37-20-27-25-13-7-5-11-23(25)24-12-6-8-14-26(24)27/h2-14,21,27H,15-20H2,1H3,(H,31,36)(H,33,34). The van der Waals surface area contributed by atoms with Crippen LogP contribution in [-0.2, 0) is 20.9 Å². The van der Waals surface area contributed by atoms with E-state index in [1.54, 1.807) is 11.8 Å². The summed E-state index contributed by atoms with van der Waals surface area (Å²) < 4.78 is 5.56. The van der Waals surface area contributed by atoms with Crippen LogP contribution in [0.25, 0.3) is 11.1 Å². The van der Waals surface area contributed by atoms with Gasteiger partial charge in [0.25, 0.3) is 0 Å². The third-order valence-corrected chi connectivity index (χ3v) is 6.74. The Morgan fingerprint density at radius 2 is 1.51 bits per heavy atom. The molecule has 0 fully saturated rings. The molecule has 1 unspecified atom stereocenters. The highest BCUT2D eigenvalue weighted by atomic mass is 16.5. The van der Waals surface area contributed by atoms with Crippen molar-refractivity contribution in [3.63, 3.8) is 0 Å². The Morgan fingerprint density at radius 3 is 2.14 bits per heavy atom. The number of nitrogens with zero attached hydrogens (tertiary/aromatic N) is 1. The summed E-state index contributed by atoms with van der Waals surface area (Å²) in [6.45, 7) is 2.78. The molecule has 192 valence electrons. The molecule has 1 atom stereocenters. The molecule has 0 saturated heterocycles. The van der Waals surface area contributed by atoms with Crippen LogP contribution in [0.3, 0.4) is 0 Å². The third kappa shape index (κ3) is 6.55. The van der Waals surface area contributed by atoms with Gasteiger partial charge in [0.15, 0.2) is 0 Å². The van der Waals surface area contributed by atoms with E-state index in [1.165, 1.54) is 11.1 Å². The zero-order chi connectivity index (χ0) is 26.2. The van der Waals surface area contributed by atoms with Gasteiger partial charge in [0.1, 0.15) is 6.61 Å². The Kier molecular flexibility index (Phi) is 8.56. The van der Waals surface area contributed by atoms with Crippen LogP contribution in [-0.4, -0.2) is 47.7 Å². The first-order chi connectivity index (χ1) is 17.9. The van der Waals surface area contributed by atoms with Crippen LogP contribution >= 0.6 is 0 Å². The van der Waals surface area contributed by atoms with Gasteiger partial charge in [0.05, 0.1) is 6.42 Å². The highest BCUT2D eigenvalue weighted by Crippen LogP contribution is 2.44. The van der Waals surface area contributed by atoms with Gasteiger partial charge in [-0.25, -0.2) is 4.79 Å². The fourth-order valence-electron chi connectivity index (χ4n) is 4.78. The lowest BCUT2D eigenvalue weighted by molar-refractivity contribution is -0.140. The predicted molar refractivity (Wildman–Crippen MR) is 141 cm³/mol. The average Bonchev–Trinajstić information content (AvgIpc) is 3.23. The lowest BCUT2D eigenvalue weighted by Crippen LogP contribution is -2.37. The van der Waals surface area contributed by atoms with Crippen molar-refractivity contribution in [3.8, 4) is 11.1 Å². The molecule has 0 aliphatic heterocycles. The summed E-state index contributed by atoms with van der Waals surface area (Å²) in [5.41, 5.74) is 5.57. The summed E-state index contributed by atoms with van der Waals surface area (Å²) in [7, 11) is 0. The lowest BCUT2D eigenvalue weighted by atomic mass is 9.98. The third-order valence-electron chi connectivity index (χ3n) is 6.74. The lowest BCUT2D eigenvalue weighted by Gasteiger charge is -2.25. The summed E-state index contributed by atoms with van der Waals surface area (Å²) >= 11 is 0. The first-order valence-corrected chi connectivity index (χ1v) is 12.6. The molecule has 3 aromatic rings. The van der Waals surface area contributed by atoms with Crippen molar-refractivity contribution in [2.75, 3.05) is 19.7 Å². The number of ether oxygens (including phenoxy) is 1. The molecule has 0 spiro atoms. The van der Waals surface area contributed by atoms with E-state index in [2.05, 4.69) is 29.6 Å². The second-order valence-corrected chi connectivity index (χ2v) is 9.33. The van der Waals surface area contributed by atoms with E-state index in [4.69, 9.17) is 9.84 Å². The first-order valence-electron chi connectivity index (χ1n) is 12.6. The highest BCUT2D eigenvalue weighted by Gasteiger charge is 2.29. The number of alkyl carbamates (subject to hydrolysis) is 1. The van der Waals surface area contributed by atoms with Crippen LogP contribution in [0, 0.1) is 5.92 Å². The zero-order valence-electron chi connectivity index (χ0n) is 20.9. The van der Waals surface area contributed by atoms with E-state index in [9.17, 15) is 14.4 Å². The molecule has 4 rings (SSSR count). The Bertz CT molecular complexity index is 1200. The molecule has 0 saturated carbocycles. The van der Waals surface area contributed by atoms with E-state index in [-0.39, 0.29) is 43.9 Å². The minimum absolute atomic E-state index is 0.0144. The molecule has 0 heterocycles. The Labute approximate surface area is 217 Å². The molecule has 0 radical (unpaired) electrons. The van der Waals surface area contributed by atoms with Crippen molar-refractivity contribution in [2.45, 2.75) is 32.2 Å². The summed E-state index contributed by atoms with van der Waals surface area (Å²) in [6.07, 6.45) is -0.224. The summed E-state index contributed by atoms with van der Waals surface area (Å²) in [4.78, 5) is 38.2.